The van der Waals surface area contributed by atoms with Gasteiger partial charge in [0, 0.05) is 19.1 Å². The van der Waals surface area contributed by atoms with Crippen LogP contribution in [-0.4, -0.2) is 65.2 Å². The summed E-state index contributed by atoms with van der Waals surface area (Å²) < 4.78 is 0. The van der Waals surface area contributed by atoms with Crippen molar-refractivity contribution in [2.24, 2.45) is 5.92 Å². The van der Waals surface area contributed by atoms with Gasteiger partial charge in [-0.05, 0) is 64.7 Å². The van der Waals surface area contributed by atoms with Gasteiger partial charge in [-0.3, -0.25) is 14.6 Å². The van der Waals surface area contributed by atoms with Crippen LogP contribution in [-0.2, 0) is 11.3 Å². The highest BCUT2D eigenvalue weighted by atomic mass is 16.3. The van der Waals surface area contributed by atoms with E-state index in [4.69, 9.17) is 0 Å². The lowest BCUT2D eigenvalue weighted by Crippen LogP contribution is -2.54. The summed E-state index contributed by atoms with van der Waals surface area (Å²) >= 11 is 0. The van der Waals surface area contributed by atoms with Crippen molar-refractivity contribution in [3.8, 4) is 0 Å². The van der Waals surface area contributed by atoms with Gasteiger partial charge in [0.1, 0.15) is 0 Å². The molecular formula is C22H35N3O2. The van der Waals surface area contributed by atoms with Gasteiger partial charge in [0.15, 0.2) is 0 Å². The number of hydrogen-bond donors (Lipinski definition) is 2. The number of aliphatic hydroxyl groups excluding tert-OH is 1. The molecular weight excluding hydrogens is 338 g/mol. The minimum Gasteiger partial charge on any atom is -0.394 e. The second kappa shape index (κ2) is 9.18. The molecule has 0 spiro atoms. The first-order valence-corrected chi connectivity index (χ1v) is 10.4. The molecule has 27 heavy (non-hydrogen) atoms. The van der Waals surface area contributed by atoms with Gasteiger partial charge in [-0.2, -0.15) is 0 Å². The molecule has 2 aliphatic heterocycles. The average molecular weight is 374 g/mol. The summed E-state index contributed by atoms with van der Waals surface area (Å²) in [5.74, 6) is 0.146. The lowest BCUT2D eigenvalue weighted by atomic mass is 9.92. The van der Waals surface area contributed by atoms with Crippen molar-refractivity contribution in [2.75, 3.05) is 32.8 Å². The molecule has 0 bridgehead atoms. The molecule has 5 nitrogen and oxygen atoms in total. The molecule has 0 aromatic heterocycles. The Bertz CT molecular complexity index is 597. The summed E-state index contributed by atoms with van der Waals surface area (Å²) in [5, 5.41) is 12.4. The molecule has 2 aliphatic rings. The van der Waals surface area contributed by atoms with Gasteiger partial charge in [-0.25, -0.2) is 0 Å². The lowest BCUT2D eigenvalue weighted by Gasteiger charge is -2.42. The van der Waals surface area contributed by atoms with Crippen LogP contribution >= 0.6 is 0 Å². The first-order chi connectivity index (χ1) is 13.0. The normalized spacial score (nSPS) is 23.3. The van der Waals surface area contributed by atoms with Crippen molar-refractivity contribution in [2.45, 2.75) is 57.7 Å². The highest BCUT2D eigenvalue weighted by Crippen LogP contribution is 2.25. The highest BCUT2D eigenvalue weighted by Gasteiger charge is 2.33. The second-order valence-corrected chi connectivity index (χ2v) is 8.86. The first-order valence-electron chi connectivity index (χ1n) is 10.4. The van der Waals surface area contributed by atoms with E-state index in [9.17, 15) is 9.90 Å². The molecule has 1 aromatic carbocycles. The maximum atomic E-state index is 12.6. The zero-order valence-electron chi connectivity index (χ0n) is 16.9. The zero-order chi connectivity index (χ0) is 19.3. The van der Waals surface area contributed by atoms with E-state index >= 15 is 0 Å². The Labute approximate surface area is 163 Å². The molecule has 0 unspecified atom stereocenters. The van der Waals surface area contributed by atoms with Crippen LogP contribution in [0.15, 0.2) is 30.3 Å². The first kappa shape index (κ1) is 20.3. The van der Waals surface area contributed by atoms with E-state index in [0.717, 1.165) is 45.6 Å². The van der Waals surface area contributed by atoms with Crippen LogP contribution in [0.1, 0.15) is 45.1 Å². The highest BCUT2D eigenvalue weighted by molar-refractivity contribution is 5.79. The maximum Gasteiger partial charge on any atom is 0.224 e. The SMILES string of the molecule is CC(C)(CO)NC(=O)[C@@H]1CCCN(C2CCN(Cc3ccccc3)CC2)C1. The van der Waals surface area contributed by atoms with Crippen LogP contribution in [0.3, 0.4) is 0 Å². The minimum atomic E-state index is -0.540. The number of amides is 1. The Morgan fingerprint density at radius 3 is 2.52 bits per heavy atom. The number of hydrogen-bond acceptors (Lipinski definition) is 4. The number of likely N-dealkylation sites (tertiary alicyclic amines) is 2. The predicted octanol–water partition coefficient (Wildman–Crippen LogP) is 2.25. The topological polar surface area (TPSA) is 55.8 Å². The van der Waals surface area contributed by atoms with Gasteiger partial charge < -0.3 is 10.4 Å². The smallest absolute Gasteiger partial charge is 0.224 e. The standard InChI is InChI=1S/C22H35N3O2/c1-22(2,17-26)23-21(27)19-9-6-12-25(16-19)20-10-13-24(14-11-20)15-18-7-4-3-5-8-18/h3-5,7-8,19-20,26H,6,9-17H2,1-2H3,(H,23,27)/t19-/m1/s1. The minimum absolute atomic E-state index is 0.0327. The summed E-state index contributed by atoms with van der Waals surface area (Å²) in [6.45, 7) is 8.97. The van der Waals surface area contributed by atoms with E-state index in [0.29, 0.717) is 6.04 Å². The summed E-state index contributed by atoms with van der Waals surface area (Å²) in [4.78, 5) is 17.7. The third-order valence-corrected chi connectivity index (χ3v) is 6.00. The fourth-order valence-electron chi connectivity index (χ4n) is 4.31. The second-order valence-electron chi connectivity index (χ2n) is 8.86. The number of aliphatic hydroxyl groups is 1. The number of piperidine rings is 2. The molecule has 2 heterocycles. The van der Waals surface area contributed by atoms with Gasteiger partial charge in [-0.15, -0.1) is 0 Å². The fraction of sp³-hybridized carbons (Fsp3) is 0.682. The Kier molecular flexibility index (Phi) is 6.90. The molecule has 2 N–H and O–H groups in total. The van der Waals surface area contributed by atoms with Crippen LogP contribution in [0.5, 0.6) is 0 Å². The number of benzene rings is 1. The number of carbonyl (C=O) groups is 1. The molecule has 0 saturated carbocycles. The van der Waals surface area contributed by atoms with E-state index < -0.39 is 5.54 Å². The molecule has 2 fully saturated rings. The molecule has 3 rings (SSSR count). The van der Waals surface area contributed by atoms with E-state index in [-0.39, 0.29) is 18.4 Å². The van der Waals surface area contributed by atoms with E-state index in [2.05, 4.69) is 45.4 Å². The van der Waals surface area contributed by atoms with Crippen molar-refractivity contribution in [1.82, 2.24) is 15.1 Å². The number of nitrogens with zero attached hydrogens (tertiary/aromatic N) is 2. The van der Waals surface area contributed by atoms with Crippen LogP contribution < -0.4 is 5.32 Å². The summed E-state index contributed by atoms with van der Waals surface area (Å²) in [6, 6.07) is 11.3. The molecule has 150 valence electrons. The lowest BCUT2D eigenvalue weighted by molar-refractivity contribution is -0.129. The van der Waals surface area contributed by atoms with Crippen LogP contribution in [0, 0.1) is 5.92 Å². The fourth-order valence-corrected chi connectivity index (χ4v) is 4.31. The van der Waals surface area contributed by atoms with Crippen LogP contribution in [0.2, 0.25) is 0 Å². The molecule has 0 radical (unpaired) electrons. The van der Waals surface area contributed by atoms with Crippen molar-refractivity contribution >= 4 is 5.91 Å². The summed E-state index contributed by atoms with van der Waals surface area (Å²) in [7, 11) is 0. The molecule has 1 aromatic rings. The van der Waals surface area contributed by atoms with E-state index in [1.54, 1.807) is 0 Å². The predicted molar refractivity (Wildman–Crippen MR) is 108 cm³/mol. The van der Waals surface area contributed by atoms with Crippen molar-refractivity contribution < 1.29 is 9.90 Å². The van der Waals surface area contributed by atoms with Gasteiger partial charge in [0.25, 0.3) is 0 Å². The number of rotatable bonds is 6. The quantitative estimate of drug-likeness (QED) is 0.803. The molecule has 1 atom stereocenters. The Hall–Kier alpha value is -1.43. The Balaban J connectivity index is 1.47. The third kappa shape index (κ3) is 5.77. The molecule has 2 saturated heterocycles. The Morgan fingerprint density at radius 2 is 1.85 bits per heavy atom. The zero-order valence-corrected chi connectivity index (χ0v) is 16.9. The van der Waals surface area contributed by atoms with E-state index in [1.165, 1.54) is 18.4 Å². The molecule has 1 amide bonds. The van der Waals surface area contributed by atoms with Crippen LogP contribution in [0.25, 0.3) is 0 Å². The van der Waals surface area contributed by atoms with Crippen molar-refractivity contribution in [1.29, 1.82) is 0 Å². The maximum absolute atomic E-state index is 12.6. The van der Waals surface area contributed by atoms with Gasteiger partial charge in [0.2, 0.25) is 5.91 Å². The van der Waals surface area contributed by atoms with Crippen LogP contribution in [0.4, 0.5) is 0 Å². The summed E-state index contributed by atoms with van der Waals surface area (Å²) in [5.41, 5.74) is 0.847. The third-order valence-electron chi connectivity index (χ3n) is 6.00. The van der Waals surface area contributed by atoms with Crippen molar-refractivity contribution in [3.63, 3.8) is 0 Å². The number of carbonyl (C=O) groups excluding carboxylic acids is 1. The van der Waals surface area contributed by atoms with Gasteiger partial charge in [-0.1, -0.05) is 30.3 Å². The molecule has 5 heteroatoms. The molecule has 0 aliphatic carbocycles. The van der Waals surface area contributed by atoms with E-state index in [1.807, 2.05) is 13.8 Å². The number of nitrogens with one attached hydrogen (secondary N) is 1. The average Bonchev–Trinajstić information content (AvgIpc) is 2.69. The largest absolute Gasteiger partial charge is 0.394 e. The van der Waals surface area contributed by atoms with Crippen molar-refractivity contribution in [3.05, 3.63) is 35.9 Å². The monoisotopic (exact) mass is 373 g/mol. The Morgan fingerprint density at radius 1 is 1.15 bits per heavy atom. The van der Waals surface area contributed by atoms with Gasteiger partial charge >= 0.3 is 0 Å². The van der Waals surface area contributed by atoms with Gasteiger partial charge in [0.05, 0.1) is 18.1 Å². The summed E-state index contributed by atoms with van der Waals surface area (Å²) in [6.07, 6.45) is 4.41.